The van der Waals surface area contributed by atoms with E-state index in [9.17, 15) is 0 Å². The van der Waals surface area contributed by atoms with Crippen molar-refractivity contribution in [1.29, 1.82) is 0 Å². The van der Waals surface area contributed by atoms with Crippen LogP contribution in [-0.2, 0) is 63.2 Å². The zero-order valence-corrected chi connectivity index (χ0v) is 18.8. The van der Waals surface area contributed by atoms with Crippen LogP contribution in [0.4, 0.5) is 0 Å². The molecule has 22 heavy (non-hydrogen) atoms. The molecular weight excluding hydrogens is 837 g/mol. The summed E-state index contributed by atoms with van der Waals surface area (Å²) in [6, 6.07) is 0. The molecule has 3 unspecified atom stereocenters. The molecule has 0 spiro atoms. The summed E-state index contributed by atoms with van der Waals surface area (Å²) in [5.41, 5.74) is 0. The maximum absolute atomic E-state index is 4.60. The number of rotatable bonds is 0. The second-order valence-electron chi connectivity index (χ2n) is 0.289. The fourth-order valence-corrected chi connectivity index (χ4v) is 0. The van der Waals surface area contributed by atoms with E-state index in [4.69, 9.17) is 0 Å². The Morgan fingerprint density at radius 1 is 0.545 bits per heavy atom. The molecule has 0 aliphatic rings. The SMILES string of the molecule is C.C.C.C.C.C.C.C.C.C.C.C#C.C#CC.P.PP.[W].[W].[W]. The number of terminal acetylenes is 2. The molecule has 0 radical (unpaired) electrons. The molecule has 0 nitrogen and oxygen atoms in total. The molecule has 0 aliphatic heterocycles. The predicted octanol–water partition coefficient (Wildman–Crippen LogP) is 8.59. The van der Waals surface area contributed by atoms with Gasteiger partial charge in [0, 0.05) is 63.2 Å². The Kier molecular flexibility index (Phi) is 14400. The van der Waals surface area contributed by atoms with Crippen molar-refractivity contribution >= 4 is 27.8 Å². The van der Waals surface area contributed by atoms with E-state index in [0.717, 1.165) is 0 Å². The van der Waals surface area contributed by atoms with Crippen LogP contribution in [0.15, 0.2) is 0 Å². The minimum Gasteiger partial charge on any atom is -0.153 e. The second-order valence-corrected chi connectivity index (χ2v) is 0.289. The summed E-state index contributed by atoms with van der Waals surface area (Å²) in [5.74, 6) is 2.25. The predicted molar refractivity (Wildman–Crippen MR) is 129 cm³/mol. The number of hydrogen-bond donors (Lipinski definition) is 0. The van der Waals surface area contributed by atoms with Crippen LogP contribution in [0.1, 0.15) is 88.6 Å². The molecule has 6 heteroatoms. The fraction of sp³-hybridized carbons (Fsp3) is 0.750. The van der Waals surface area contributed by atoms with Gasteiger partial charge in [-0.25, -0.2) is 0 Å². The summed E-state index contributed by atoms with van der Waals surface area (Å²) >= 11 is 0. The van der Waals surface area contributed by atoms with Gasteiger partial charge in [0.1, 0.15) is 0 Å². The van der Waals surface area contributed by atoms with Gasteiger partial charge < -0.3 is 0 Å². The molecular formula is C16H57P3W3. The van der Waals surface area contributed by atoms with Crippen LogP contribution in [0.5, 0.6) is 0 Å². The first-order valence-corrected chi connectivity index (χ1v) is 4.12. The summed E-state index contributed by atoms with van der Waals surface area (Å²) in [4.78, 5) is 0. The molecule has 154 valence electrons. The van der Waals surface area contributed by atoms with Gasteiger partial charge in [-0.1, -0.05) is 81.7 Å². The van der Waals surface area contributed by atoms with Gasteiger partial charge in [0.25, 0.3) is 0 Å². The van der Waals surface area contributed by atoms with E-state index < -0.39 is 0 Å². The van der Waals surface area contributed by atoms with Crippen LogP contribution in [0.2, 0.25) is 0 Å². The van der Waals surface area contributed by atoms with E-state index in [1.807, 2.05) is 0 Å². The third kappa shape index (κ3) is 1690. The van der Waals surface area contributed by atoms with E-state index in [0.29, 0.717) is 0 Å². The van der Waals surface area contributed by atoms with Crippen molar-refractivity contribution in [2.24, 2.45) is 0 Å². The molecule has 0 aromatic heterocycles. The fourth-order valence-electron chi connectivity index (χ4n) is 0. The maximum Gasteiger partial charge on any atom is 0 e. The average Bonchev–Trinajstić information content (AvgIpc) is 1.78. The van der Waals surface area contributed by atoms with Gasteiger partial charge >= 0.3 is 0 Å². The summed E-state index contributed by atoms with van der Waals surface area (Å²) in [7, 11) is 4.67. The van der Waals surface area contributed by atoms with Crippen LogP contribution in [0.25, 0.3) is 0 Å². The largest absolute Gasteiger partial charge is 0.153 e. The Morgan fingerprint density at radius 3 is 0.545 bits per heavy atom. The van der Waals surface area contributed by atoms with Crippen LogP contribution in [0, 0.1) is 25.2 Å². The Labute approximate surface area is 203 Å². The molecule has 0 heterocycles. The smallest absolute Gasteiger partial charge is 0 e. The monoisotopic (exact) mass is 894 g/mol. The van der Waals surface area contributed by atoms with Gasteiger partial charge in [-0.2, -0.15) is 9.90 Å². The topological polar surface area (TPSA) is 0 Å². The van der Waals surface area contributed by atoms with Crippen LogP contribution >= 0.6 is 27.8 Å². The van der Waals surface area contributed by atoms with Crippen LogP contribution in [0.3, 0.4) is 0 Å². The van der Waals surface area contributed by atoms with Crippen molar-refractivity contribution in [2.45, 2.75) is 88.6 Å². The summed E-state index contributed by atoms with van der Waals surface area (Å²) in [6.07, 6.45) is 12.6. The number of hydrogen-bond acceptors (Lipinski definition) is 0. The van der Waals surface area contributed by atoms with Crippen molar-refractivity contribution in [3.63, 3.8) is 0 Å². The van der Waals surface area contributed by atoms with E-state index in [-0.39, 0.29) is 155 Å². The van der Waals surface area contributed by atoms with Gasteiger partial charge in [-0.3, -0.25) is 0 Å². The molecule has 0 fully saturated rings. The average molecular weight is 894 g/mol. The molecule has 3 atom stereocenters. The van der Waals surface area contributed by atoms with Gasteiger partial charge in [0.2, 0.25) is 0 Å². The van der Waals surface area contributed by atoms with E-state index in [1.54, 1.807) is 6.92 Å². The standard InChI is InChI=1S/C3H4.C2H2.11CH4.H4P2.H3P.3W/c1-3-2;1-2;;;;;;;;;;;;1-2;;;;/h1H,2H3;1-2H;11*1H4;1-2H2;1H3;;;. The third-order valence-electron chi connectivity index (χ3n) is 0. The molecule has 0 aromatic rings. The van der Waals surface area contributed by atoms with E-state index in [1.165, 1.54) is 0 Å². The summed E-state index contributed by atoms with van der Waals surface area (Å²) in [6.45, 7) is 1.65. The van der Waals surface area contributed by atoms with Gasteiger partial charge in [-0.15, -0.1) is 43.0 Å². The zero-order valence-electron chi connectivity index (χ0n) is 6.32. The third-order valence-corrected chi connectivity index (χ3v) is 0. The first-order chi connectivity index (χ1) is 3.41. The Morgan fingerprint density at radius 2 is 0.545 bits per heavy atom. The van der Waals surface area contributed by atoms with Crippen molar-refractivity contribution in [3.8, 4) is 25.2 Å². The maximum atomic E-state index is 4.60. The molecule has 0 amide bonds. The Hall–Kier alpha value is 2.47. The molecule has 0 saturated carbocycles. The molecule has 0 bridgehead atoms. The zero-order chi connectivity index (χ0) is 6.71. The van der Waals surface area contributed by atoms with E-state index >= 15 is 0 Å². The Bertz CT molecular complexity index is 67.4. The van der Waals surface area contributed by atoms with Crippen molar-refractivity contribution in [1.82, 2.24) is 0 Å². The van der Waals surface area contributed by atoms with E-state index in [2.05, 4.69) is 43.0 Å². The molecule has 0 aromatic carbocycles. The first kappa shape index (κ1) is 322. The first-order valence-electron chi connectivity index (χ1n) is 1.46. The molecule has 0 rings (SSSR count). The Balaban J connectivity index is -0.000000000513. The minimum absolute atomic E-state index is 0. The quantitative estimate of drug-likeness (QED) is 0.169. The van der Waals surface area contributed by atoms with Crippen molar-refractivity contribution in [2.75, 3.05) is 0 Å². The van der Waals surface area contributed by atoms with Crippen LogP contribution in [-0.4, -0.2) is 0 Å². The summed E-state index contributed by atoms with van der Waals surface area (Å²) < 4.78 is 0. The van der Waals surface area contributed by atoms with Crippen LogP contribution < -0.4 is 0 Å². The van der Waals surface area contributed by atoms with Gasteiger partial charge in [-0.05, 0) is 6.92 Å². The molecule has 0 aliphatic carbocycles. The molecule has 0 N–H and O–H groups in total. The van der Waals surface area contributed by atoms with Crippen molar-refractivity contribution < 1.29 is 63.2 Å². The van der Waals surface area contributed by atoms with Gasteiger partial charge in [0.15, 0.2) is 0 Å². The second kappa shape index (κ2) is 982. The summed E-state index contributed by atoms with van der Waals surface area (Å²) in [5, 5.41) is 0. The van der Waals surface area contributed by atoms with Crippen molar-refractivity contribution in [3.05, 3.63) is 0 Å². The molecule has 0 saturated heterocycles. The minimum atomic E-state index is 0. The van der Waals surface area contributed by atoms with Gasteiger partial charge in [0.05, 0.1) is 0 Å². The normalized spacial score (nSPS) is 0.727.